The number of aliphatic hydroxyl groups is 2. The van der Waals surface area contributed by atoms with Gasteiger partial charge in [-0.3, -0.25) is 0 Å². The summed E-state index contributed by atoms with van der Waals surface area (Å²) in [5, 5.41) is 23.8. The molecule has 1 aliphatic carbocycles. The van der Waals surface area contributed by atoms with E-state index in [1.54, 1.807) is 23.9 Å². The third-order valence-electron chi connectivity index (χ3n) is 5.54. The number of aromatic nitrogens is 4. The average Bonchev–Trinajstić information content (AvgIpc) is 3.32. The van der Waals surface area contributed by atoms with E-state index in [-0.39, 0.29) is 18.8 Å². The minimum absolute atomic E-state index is 0.0356. The van der Waals surface area contributed by atoms with Gasteiger partial charge in [-0.25, -0.2) is 15.0 Å². The predicted molar refractivity (Wildman–Crippen MR) is 114 cm³/mol. The lowest BCUT2D eigenvalue weighted by molar-refractivity contribution is 0.116. The summed E-state index contributed by atoms with van der Waals surface area (Å²) in [6.07, 6.45) is 7.27. The Bertz CT molecular complexity index is 1150. The zero-order chi connectivity index (χ0) is 19.8. The van der Waals surface area contributed by atoms with E-state index in [9.17, 15) is 10.2 Å². The molecule has 1 saturated carbocycles. The number of anilines is 1. The predicted octanol–water partition coefficient (Wildman–Crippen LogP) is 3.30. The second-order valence-electron chi connectivity index (χ2n) is 7.64. The van der Waals surface area contributed by atoms with Crippen molar-refractivity contribution in [2.45, 2.75) is 51.0 Å². The number of benzene rings is 1. The van der Waals surface area contributed by atoms with Crippen molar-refractivity contribution in [1.29, 1.82) is 0 Å². The van der Waals surface area contributed by atoms with E-state index in [0.29, 0.717) is 6.54 Å². The van der Waals surface area contributed by atoms with Gasteiger partial charge in [-0.05, 0) is 42.2 Å². The van der Waals surface area contributed by atoms with E-state index in [2.05, 4.69) is 32.4 Å². The van der Waals surface area contributed by atoms with Gasteiger partial charge in [0.25, 0.3) is 0 Å². The van der Waals surface area contributed by atoms with E-state index in [4.69, 9.17) is 0 Å². The van der Waals surface area contributed by atoms with Crippen LogP contribution in [0.3, 0.4) is 0 Å². The molecule has 0 saturated heterocycles. The standard InChI is InChI=1S/C21H23N5O2S/c27-11-14-7-17-20(22-9-14)26(12-23-17)10-13-5-6-16-19(8-13)29-21(25-16)24-15-3-1-2-4-18(15)28/h5-9,12,15,18,27-28H,1-4,10-11H2,(H,24,25)/t15-,18-/m1/s1. The summed E-state index contributed by atoms with van der Waals surface area (Å²) in [5.74, 6) is 0. The number of rotatable bonds is 5. The molecule has 8 heteroatoms. The van der Waals surface area contributed by atoms with Crippen molar-refractivity contribution < 1.29 is 10.2 Å². The molecule has 5 rings (SSSR count). The maximum absolute atomic E-state index is 10.2. The smallest absolute Gasteiger partial charge is 0.184 e. The molecule has 0 unspecified atom stereocenters. The molecule has 0 bridgehead atoms. The average molecular weight is 410 g/mol. The number of hydrogen-bond donors (Lipinski definition) is 3. The highest BCUT2D eigenvalue weighted by Gasteiger charge is 2.23. The summed E-state index contributed by atoms with van der Waals surface area (Å²) in [6, 6.07) is 8.23. The molecule has 3 N–H and O–H groups in total. The topological polar surface area (TPSA) is 96.1 Å². The summed E-state index contributed by atoms with van der Waals surface area (Å²) < 4.78 is 3.13. The van der Waals surface area contributed by atoms with Gasteiger partial charge < -0.3 is 20.1 Å². The van der Waals surface area contributed by atoms with Crippen LogP contribution in [-0.2, 0) is 13.2 Å². The second-order valence-corrected chi connectivity index (χ2v) is 8.67. The van der Waals surface area contributed by atoms with Crippen molar-refractivity contribution in [3.8, 4) is 0 Å². The SMILES string of the molecule is OCc1cnc2c(c1)ncn2Cc1ccc2nc(N[C@@H]3CCCC[C@H]3O)sc2c1. The fourth-order valence-corrected chi connectivity index (χ4v) is 4.95. The summed E-state index contributed by atoms with van der Waals surface area (Å²) in [5.41, 5.74) is 4.47. The molecule has 150 valence electrons. The maximum atomic E-state index is 10.2. The normalized spacial score (nSPS) is 19.8. The third-order valence-corrected chi connectivity index (χ3v) is 6.49. The molecule has 7 nitrogen and oxygen atoms in total. The number of nitrogens with one attached hydrogen (secondary N) is 1. The zero-order valence-corrected chi connectivity index (χ0v) is 16.8. The lowest BCUT2D eigenvalue weighted by Gasteiger charge is -2.27. The van der Waals surface area contributed by atoms with E-state index < -0.39 is 0 Å². The summed E-state index contributed by atoms with van der Waals surface area (Å²) in [7, 11) is 0. The van der Waals surface area contributed by atoms with Gasteiger partial charge in [0.1, 0.15) is 5.52 Å². The molecule has 1 aliphatic rings. The lowest BCUT2D eigenvalue weighted by Crippen LogP contribution is -2.36. The Morgan fingerprint density at radius 3 is 2.86 bits per heavy atom. The fraction of sp³-hybridized carbons (Fsp3) is 0.381. The van der Waals surface area contributed by atoms with Crippen molar-refractivity contribution in [2.24, 2.45) is 0 Å². The van der Waals surface area contributed by atoms with Gasteiger partial charge in [0.15, 0.2) is 10.8 Å². The van der Waals surface area contributed by atoms with E-state index in [0.717, 1.165) is 63.3 Å². The van der Waals surface area contributed by atoms with Crippen molar-refractivity contribution in [1.82, 2.24) is 19.5 Å². The molecule has 2 atom stereocenters. The highest BCUT2D eigenvalue weighted by Crippen LogP contribution is 2.30. The molecule has 0 amide bonds. The molecule has 29 heavy (non-hydrogen) atoms. The van der Waals surface area contributed by atoms with Gasteiger partial charge in [0, 0.05) is 6.20 Å². The Morgan fingerprint density at radius 1 is 1.10 bits per heavy atom. The van der Waals surface area contributed by atoms with E-state index in [1.807, 2.05) is 16.7 Å². The summed E-state index contributed by atoms with van der Waals surface area (Å²) in [6.45, 7) is 0.631. The van der Waals surface area contributed by atoms with E-state index in [1.165, 1.54) is 0 Å². The lowest BCUT2D eigenvalue weighted by atomic mass is 9.93. The van der Waals surface area contributed by atoms with Crippen LogP contribution in [0, 0.1) is 0 Å². The van der Waals surface area contributed by atoms with Crippen LogP contribution in [0.2, 0.25) is 0 Å². The summed E-state index contributed by atoms with van der Waals surface area (Å²) >= 11 is 1.63. The van der Waals surface area contributed by atoms with Crippen LogP contribution in [0.1, 0.15) is 36.8 Å². The number of nitrogens with zero attached hydrogens (tertiary/aromatic N) is 4. The number of aliphatic hydroxyl groups excluding tert-OH is 2. The Hall–Kier alpha value is -2.55. The Balaban J connectivity index is 1.37. The molecular weight excluding hydrogens is 386 g/mol. The van der Waals surface area contributed by atoms with Crippen molar-refractivity contribution in [2.75, 3.05) is 5.32 Å². The molecule has 0 aliphatic heterocycles. The number of imidazole rings is 1. The van der Waals surface area contributed by atoms with Crippen LogP contribution in [0.4, 0.5) is 5.13 Å². The molecule has 3 heterocycles. The van der Waals surface area contributed by atoms with Crippen LogP contribution < -0.4 is 5.32 Å². The molecule has 1 aromatic carbocycles. The largest absolute Gasteiger partial charge is 0.392 e. The maximum Gasteiger partial charge on any atom is 0.184 e. The Morgan fingerprint density at radius 2 is 2.00 bits per heavy atom. The van der Waals surface area contributed by atoms with Crippen LogP contribution in [-0.4, -0.2) is 41.9 Å². The van der Waals surface area contributed by atoms with Crippen LogP contribution in [0.25, 0.3) is 21.4 Å². The van der Waals surface area contributed by atoms with Gasteiger partial charge >= 0.3 is 0 Å². The fourth-order valence-electron chi connectivity index (χ4n) is 3.96. The highest BCUT2D eigenvalue weighted by molar-refractivity contribution is 7.22. The first-order valence-corrected chi connectivity index (χ1v) is 10.8. The Labute approximate surface area is 172 Å². The van der Waals surface area contributed by atoms with Crippen molar-refractivity contribution in [3.05, 3.63) is 47.9 Å². The van der Waals surface area contributed by atoms with Crippen LogP contribution >= 0.6 is 11.3 Å². The van der Waals surface area contributed by atoms with Crippen molar-refractivity contribution >= 4 is 37.8 Å². The molecular formula is C21H23N5O2S. The molecule has 0 radical (unpaired) electrons. The van der Waals surface area contributed by atoms with E-state index >= 15 is 0 Å². The molecule has 1 fully saturated rings. The number of fused-ring (bicyclic) bond motifs is 2. The summed E-state index contributed by atoms with van der Waals surface area (Å²) in [4.78, 5) is 13.5. The minimum atomic E-state index is -0.292. The van der Waals surface area contributed by atoms with Crippen LogP contribution in [0.5, 0.6) is 0 Å². The second kappa shape index (κ2) is 7.70. The first-order chi connectivity index (χ1) is 14.2. The van der Waals surface area contributed by atoms with Crippen molar-refractivity contribution in [3.63, 3.8) is 0 Å². The minimum Gasteiger partial charge on any atom is -0.392 e. The van der Waals surface area contributed by atoms with Crippen LogP contribution in [0.15, 0.2) is 36.8 Å². The van der Waals surface area contributed by atoms with Gasteiger partial charge in [-0.1, -0.05) is 30.2 Å². The quantitative estimate of drug-likeness (QED) is 0.468. The zero-order valence-electron chi connectivity index (χ0n) is 16.0. The van der Waals surface area contributed by atoms with Gasteiger partial charge in [0.05, 0.1) is 41.8 Å². The monoisotopic (exact) mass is 409 g/mol. The number of thiazole rings is 1. The third kappa shape index (κ3) is 3.71. The molecule has 3 aromatic heterocycles. The first-order valence-electron chi connectivity index (χ1n) is 9.94. The number of hydrogen-bond acceptors (Lipinski definition) is 7. The number of pyridine rings is 1. The highest BCUT2D eigenvalue weighted by atomic mass is 32.1. The van der Waals surface area contributed by atoms with Gasteiger partial charge in [0.2, 0.25) is 0 Å². The molecule has 0 spiro atoms. The van der Waals surface area contributed by atoms with Gasteiger partial charge in [-0.15, -0.1) is 0 Å². The first kappa shape index (κ1) is 18.5. The van der Waals surface area contributed by atoms with Gasteiger partial charge in [-0.2, -0.15) is 0 Å². The molecule has 4 aromatic rings. The Kier molecular flexibility index (Phi) is 4.91.